The predicted molar refractivity (Wildman–Crippen MR) is 63.5 cm³/mol. The van der Waals surface area contributed by atoms with Gasteiger partial charge in [-0.25, -0.2) is 0 Å². The van der Waals surface area contributed by atoms with E-state index in [1.807, 2.05) is 12.1 Å². The first-order valence-electron chi connectivity index (χ1n) is 4.43. The Hall–Kier alpha value is -1.52. The van der Waals surface area contributed by atoms with Crippen LogP contribution in [-0.2, 0) is 0 Å². The van der Waals surface area contributed by atoms with Crippen molar-refractivity contribution in [1.82, 2.24) is 0 Å². The minimum atomic E-state index is 1.18. The fraction of sp³-hybridized carbons (Fsp3) is 0.0769. The lowest BCUT2D eigenvalue weighted by Gasteiger charge is -1.87. The standard InChI is InChI=1S/C13H10S/c1-3-4-8-12-10(2)11-7-5-6-9-13(11)14-12/h3-4,6,8-9H,1H2,2H3. The van der Waals surface area contributed by atoms with Crippen molar-refractivity contribution >= 4 is 27.5 Å². The SMILES string of the molecule is C=CC=Cc1sc2ccc#cc2c1C. The molecule has 0 bridgehead atoms. The van der Waals surface area contributed by atoms with Gasteiger partial charge in [0.05, 0.1) is 0 Å². The average molecular weight is 198 g/mol. The van der Waals surface area contributed by atoms with E-state index in [-0.39, 0.29) is 0 Å². The number of hydrogen-bond acceptors (Lipinski definition) is 1. The van der Waals surface area contributed by atoms with Crippen LogP contribution < -0.4 is 0 Å². The van der Waals surface area contributed by atoms with Gasteiger partial charge in [-0.15, -0.1) is 11.3 Å². The summed E-state index contributed by atoms with van der Waals surface area (Å²) in [4.78, 5) is 1.27. The van der Waals surface area contributed by atoms with E-state index in [4.69, 9.17) is 0 Å². The molecule has 0 amide bonds. The summed E-state index contributed by atoms with van der Waals surface area (Å²) in [7, 11) is 0. The fourth-order valence-electron chi connectivity index (χ4n) is 1.37. The third-order valence-electron chi connectivity index (χ3n) is 2.11. The van der Waals surface area contributed by atoms with Gasteiger partial charge in [0.1, 0.15) is 0 Å². The summed E-state index contributed by atoms with van der Waals surface area (Å²) in [5, 5.41) is 1.18. The van der Waals surface area contributed by atoms with Gasteiger partial charge in [0.15, 0.2) is 0 Å². The quantitative estimate of drug-likeness (QED) is 0.640. The van der Waals surface area contributed by atoms with Gasteiger partial charge < -0.3 is 0 Å². The highest BCUT2D eigenvalue weighted by atomic mass is 32.1. The second-order valence-electron chi connectivity index (χ2n) is 3.03. The van der Waals surface area contributed by atoms with Crippen molar-refractivity contribution in [3.8, 4) is 0 Å². The van der Waals surface area contributed by atoms with Gasteiger partial charge >= 0.3 is 0 Å². The monoisotopic (exact) mass is 198 g/mol. The van der Waals surface area contributed by atoms with E-state index in [2.05, 4.69) is 37.8 Å². The van der Waals surface area contributed by atoms with Crippen molar-refractivity contribution < 1.29 is 0 Å². The molecule has 1 aromatic heterocycles. The molecule has 0 unspecified atom stereocenters. The molecule has 2 rings (SSSR count). The fourth-order valence-corrected chi connectivity index (χ4v) is 2.45. The molecule has 0 nitrogen and oxygen atoms in total. The van der Waals surface area contributed by atoms with Gasteiger partial charge in [0, 0.05) is 15.0 Å². The van der Waals surface area contributed by atoms with Crippen molar-refractivity contribution in [2.75, 3.05) is 0 Å². The van der Waals surface area contributed by atoms with E-state index in [1.165, 1.54) is 20.5 Å². The number of rotatable bonds is 2. The Labute approximate surface area is 88.2 Å². The topological polar surface area (TPSA) is 0 Å². The van der Waals surface area contributed by atoms with Crippen LogP contribution in [-0.4, -0.2) is 0 Å². The summed E-state index contributed by atoms with van der Waals surface area (Å²) in [6.07, 6.45) is 5.84. The van der Waals surface area contributed by atoms with E-state index in [1.54, 1.807) is 17.4 Å². The average Bonchev–Trinajstić information content (AvgIpc) is 2.54. The lowest BCUT2D eigenvalue weighted by molar-refractivity contribution is 1.58. The minimum absolute atomic E-state index is 1.18. The van der Waals surface area contributed by atoms with Crippen LogP contribution in [0.5, 0.6) is 0 Å². The summed E-state index contributed by atoms with van der Waals surface area (Å²) < 4.78 is 1.27. The van der Waals surface area contributed by atoms with Crippen LogP contribution in [0, 0.1) is 19.1 Å². The maximum atomic E-state index is 3.66. The predicted octanol–water partition coefficient (Wildman–Crippen LogP) is 4.01. The molecule has 0 radical (unpaired) electrons. The summed E-state index contributed by atoms with van der Waals surface area (Å²) >= 11 is 1.78. The van der Waals surface area contributed by atoms with Crippen molar-refractivity contribution in [2.24, 2.45) is 0 Å². The third kappa shape index (κ3) is 1.45. The number of thiophene rings is 1. The van der Waals surface area contributed by atoms with Crippen LogP contribution in [0.4, 0.5) is 0 Å². The van der Waals surface area contributed by atoms with Gasteiger partial charge in [-0.2, -0.15) is 0 Å². The zero-order valence-corrected chi connectivity index (χ0v) is 8.82. The molecule has 1 aromatic carbocycles. The van der Waals surface area contributed by atoms with Crippen molar-refractivity contribution in [3.63, 3.8) is 0 Å². The maximum Gasteiger partial charge on any atom is 0.0464 e. The highest BCUT2D eigenvalue weighted by Gasteiger charge is 2.03. The molecule has 0 fully saturated rings. The zero-order chi connectivity index (χ0) is 9.97. The van der Waals surface area contributed by atoms with E-state index in [9.17, 15) is 0 Å². The number of fused-ring (bicyclic) bond motifs is 1. The highest BCUT2D eigenvalue weighted by Crippen LogP contribution is 2.29. The molecule has 0 saturated carbocycles. The molecule has 0 aliphatic heterocycles. The molecule has 0 spiro atoms. The molecule has 1 heteroatoms. The van der Waals surface area contributed by atoms with Gasteiger partial charge in [-0.05, 0) is 30.7 Å². The van der Waals surface area contributed by atoms with Crippen LogP contribution in [0.15, 0.2) is 30.9 Å². The Kier molecular flexibility index (Phi) is 2.39. The highest BCUT2D eigenvalue weighted by molar-refractivity contribution is 7.20. The normalized spacial score (nSPS) is 10.6. The van der Waals surface area contributed by atoms with E-state index in [0.717, 1.165) is 0 Å². The van der Waals surface area contributed by atoms with Crippen LogP contribution >= 0.6 is 11.3 Å². The minimum Gasteiger partial charge on any atom is -0.135 e. The Morgan fingerprint density at radius 3 is 3.07 bits per heavy atom. The van der Waals surface area contributed by atoms with E-state index in [0.29, 0.717) is 0 Å². The third-order valence-corrected chi connectivity index (χ3v) is 3.33. The van der Waals surface area contributed by atoms with Crippen LogP contribution in [0.25, 0.3) is 16.2 Å². The molecule has 2 aromatic rings. The second kappa shape index (κ2) is 3.69. The van der Waals surface area contributed by atoms with Crippen LogP contribution in [0.3, 0.4) is 0 Å². The largest absolute Gasteiger partial charge is 0.135 e. The Morgan fingerprint density at radius 1 is 1.50 bits per heavy atom. The van der Waals surface area contributed by atoms with Gasteiger partial charge in [0.25, 0.3) is 0 Å². The molecule has 0 N–H and O–H groups in total. The Bertz CT molecular complexity index is 489. The molecular formula is C13H10S. The van der Waals surface area contributed by atoms with Crippen LogP contribution in [0.2, 0.25) is 0 Å². The lowest BCUT2D eigenvalue weighted by Crippen LogP contribution is -1.68. The van der Waals surface area contributed by atoms with Crippen molar-refractivity contribution in [3.05, 3.63) is 53.4 Å². The molecular weight excluding hydrogens is 188 g/mol. The Balaban J connectivity index is 2.62. The molecule has 68 valence electrons. The van der Waals surface area contributed by atoms with Crippen molar-refractivity contribution in [1.29, 1.82) is 0 Å². The number of hydrogen-bond donors (Lipinski definition) is 0. The molecule has 0 aliphatic rings. The van der Waals surface area contributed by atoms with Gasteiger partial charge in [0.2, 0.25) is 0 Å². The van der Waals surface area contributed by atoms with Gasteiger partial charge in [-0.1, -0.05) is 30.9 Å². The summed E-state index contributed by atoms with van der Waals surface area (Å²) in [5.74, 6) is 0. The molecule has 0 saturated heterocycles. The first-order valence-corrected chi connectivity index (χ1v) is 5.25. The van der Waals surface area contributed by atoms with E-state index < -0.39 is 0 Å². The van der Waals surface area contributed by atoms with E-state index >= 15 is 0 Å². The first kappa shape index (κ1) is 9.05. The van der Waals surface area contributed by atoms with Crippen LogP contribution in [0.1, 0.15) is 10.4 Å². The second-order valence-corrected chi connectivity index (χ2v) is 4.11. The lowest BCUT2D eigenvalue weighted by atomic mass is 10.2. The maximum absolute atomic E-state index is 3.66. The summed E-state index contributed by atoms with van der Waals surface area (Å²) in [6, 6.07) is 10.1. The molecule has 1 heterocycles. The van der Waals surface area contributed by atoms with Crippen molar-refractivity contribution in [2.45, 2.75) is 6.92 Å². The number of allylic oxidation sites excluding steroid dienone is 2. The Morgan fingerprint density at radius 2 is 2.36 bits per heavy atom. The zero-order valence-electron chi connectivity index (χ0n) is 8.00. The first-order chi connectivity index (χ1) is 6.83. The molecule has 0 aliphatic carbocycles. The summed E-state index contributed by atoms with van der Waals surface area (Å²) in [6.45, 7) is 5.78. The molecule has 14 heavy (non-hydrogen) atoms. The van der Waals surface area contributed by atoms with Gasteiger partial charge in [-0.3, -0.25) is 0 Å². The molecule has 0 atom stereocenters. The summed E-state index contributed by atoms with van der Waals surface area (Å²) in [5.41, 5.74) is 1.28. The smallest absolute Gasteiger partial charge is 0.0464 e. The number of aryl methyl sites for hydroxylation is 1.